The van der Waals surface area contributed by atoms with Crippen LogP contribution in [0.2, 0.25) is 0 Å². The lowest BCUT2D eigenvalue weighted by Crippen LogP contribution is -2.35. The van der Waals surface area contributed by atoms with Gasteiger partial charge >= 0.3 is 0 Å². The minimum absolute atomic E-state index is 0.0402. The van der Waals surface area contributed by atoms with Crippen molar-refractivity contribution in [1.29, 1.82) is 0 Å². The molecule has 2 saturated heterocycles. The highest BCUT2D eigenvalue weighted by atomic mass is 16.8. The molecule has 0 aromatic heterocycles. The molecule has 2 aliphatic rings. The van der Waals surface area contributed by atoms with Crippen LogP contribution in [-0.2, 0) is 25.6 Å². The second kappa shape index (κ2) is 5.56. The lowest BCUT2D eigenvalue weighted by Gasteiger charge is -2.24. The Kier molecular flexibility index (Phi) is 3.65. The van der Waals surface area contributed by atoms with E-state index in [1.165, 1.54) is 10.8 Å². The average Bonchev–Trinajstić information content (AvgIpc) is 2.95. The molecule has 0 N–H and O–H groups in total. The minimum Gasteiger partial charge on any atom is -0.368 e. The van der Waals surface area contributed by atoms with Gasteiger partial charge in [-0.25, -0.2) is 0 Å². The molecule has 2 aliphatic heterocycles. The van der Waals surface area contributed by atoms with Gasteiger partial charge in [-0.3, -0.25) is 0 Å². The normalized spacial score (nSPS) is 32.3. The second-order valence-corrected chi connectivity index (χ2v) is 6.77. The summed E-state index contributed by atoms with van der Waals surface area (Å²) >= 11 is 0. The first kappa shape index (κ1) is 15.1. The fourth-order valence-electron chi connectivity index (χ4n) is 3.39. The van der Waals surface area contributed by atoms with Crippen molar-refractivity contribution in [3.05, 3.63) is 48.0 Å². The van der Waals surface area contributed by atoms with Crippen molar-refractivity contribution in [2.24, 2.45) is 0 Å². The largest absolute Gasteiger partial charge is 0.368 e. The molecule has 0 saturated carbocycles. The third kappa shape index (κ3) is 2.88. The molecule has 2 heterocycles. The first-order valence-corrected chi connectivity index (χ1v) is 8.12. The molecule has 1 unspecified atom stereocenters. The van der Waals surface area contributed by atoms with E-state index in [4.69, 9.17) is 18.9 Å². The molecule has 4 atom stereocenters. The van der Waals surface area contributed by atoms with Crippen LogP contribution in [0.5, 0.6) is 0 Å². The van der Waals surface area contributed by atoms with Crippen LogP contribution >= 0.6 is 0 Å². The smallest absolute Gasteiger partial charge is 0.190 e. The molecule has 0 radical (unpaired) electrons. The molecule has 0 aliphatic carbocycles. The van der Waals surface area contributed by atoms with Crippen molar-refractivity contribution in [3.63, 3.8) is 0 Å². The molecule has 4 heteroatoms. The lowest BCUT2D eigenvalue weighted by atomic mass is 10.1. The molecular weight excluding hydrogens is 292 g/mol. The third-order valence-corrected chi connectivity index (χ3v) is 4.48. The van der Waals surface area contributed by atoms with Gasteiger partial charge in [0.05, 0.1) is 12.7 Å². The van der Waals surface area contributed by atoms with Crippen LogP contribution in [-0.4, -0.2) is 30.4 Å². The Morgan fingerprint density at radius 2 is 1.83 bits per heavy atom. The van der Waals surface area contributed by atoms with Crippen molar-refractivity contribution in [2.45, 2.75) is 57.8 Å². The number of benzene rings is 2. The molecule has 0 amide bonds. The van der Waals surface area contributed by atoms with Gasteiger partial charge in [0.15, 0.2) is 12.1 Å². The highest BCUT2D eigenvalue weighted by Crippen LogP contribution is 2.38. The molecular formula is C19H22O4. The molecule has 0 spiro atoms. The van der Waals surface area contributed by atoms with Crippen molar-refractivity contribution < 1.29 is 18.9 Å². The highest BCUT2D eigenvalue weighted by Gasteiger charge is 2.54. The Morgan fingerprint density at radius 1 is 1.04 bits per heavy atom. The molecule has 2 aromatic carbocycles. The van der Waals surface area contributed by atoms with E-state index in [-0.39, 0.29) is 24.6 Å². The summed E-state index contributed by atoms with van der Waals surface area (Å²) in [6.07, 6.45) is -0.656. The van der Waals surface area contributed by atoms with Crippen molar-refractivity contribution in [2.75, 3.05) is 0 Å². The van der Waals surface area contributed by atoms with Gasteiger partial charge in [-0.05, 0) is 43.2 Å². The summed E-state index contributed by atoms with van der Waals surface area (Å²) < 4.78 is 23.6. The van der Waals surface area contributed by atoms with Crippen LogP contribution in [0.1, 0.15) is 26.3 Å². The standard InChI is InChI=1S/C19H22O4/c1-12-16(17-18(21-12)23-19(2,3)22-17)20-11-13-8-9-14-6-4-5-7-15(14)10-13/h4-10,12,16-18H,11H2,1-3H3/t12?,16-,17-,18-/m1/s1. The van der Waals surface area contributed by atoms with Crippen LogP contribution in [0, 0.1) is 0 Å². The Bertz CT molecular complexity index is 711. The van der Waals surface area contributed by atoms with Crippen LogP contribution in [0.15, 0.2) is 42.5 Å². The lowest BCUT2D eigenvalue weighted by molar-refractivity contribution is -0.216. The maximum atomic E-state index is 6.13. The fourth-order valence-corrected chi connectivity index (χ4v) is 3.39. The van der Waals surface area contributed by atoms with E-state index >= 15 is 0 Å². The van der Waals surface area contributed by atoms with E-state index in [2.05, 4.69) is 42.5 Å². The van der Waals surface area contributed by atoms with Gasteiger partial charge in [0.1, 0.15) is 12.2 Å². The van der Waals surface area contributed by atoms with Gasteiger partial charge in [-0.15, -0.1) is 0 Å². The topological polar surface area (TPSA) is 36.9 Å². The first-order valence-electron chi connectivity index (χ1n) is 8.12. The number of fused-ring (bicyclic) bond motifs is 2. The van der Waals surface area contributed by atoms with Gasteiger partial charge in [0.2, 0.25) is 0 Å². The molecule has 2 fully saturated rings. The Labute approximate surface area is 136 Å². The molecule has 122 valence electrons. The van der Waals surface area contributed by atoms with Crippen molar-refractivity contribution >= 4 is 10.8 Å². The van der Waals surface area contributed by atoms with Crippen LogP contribution in [0.3, 0.4) is 0 Å². The van der Waals surface area contributed by atoms with Crippen molar-refractivity contribution in [3.8, 4) is 0 Å². The quantitative estimate of drug-likeness (QED) is 0.867. The summed E-state index contributed by atoms with van der Waals surface area (Å²) in [5, 5.41) is 2.46. The van der Waals surface area contributed by atoms with Gasteiger partial charge in [0.25, 0.3) is 0 Å². The molecule has 23 heavy (non-hydrogen) atoms. The predicted octanol–water partition coefficient (Wildman–Crippen LogP) is 3.62. The molecule has 4 nitrogen and oxygen atoms in total. The second-order valence-electron chi connectivity index (χ2n) is 6.77. The fraction of sp³-hybridized carbons (Fsp3) is 0.474. The zero-order valence-corrected chi connectivity index (χ0v) is 13.7. The summed E-state index contributed by atoms with van der Waals surface area (Å²) in [4.78, 5) is 0. The Hall–Kier alpha value is -1.46. The van der Waals surface area contributed by atoms with Crippen LogP contribution in [0.25, 0.3) is 10.8 Å². The van der Waals surface area contributed by atoms with Crippen LogP contribution < -0.4 is 0 Å². The van der Waals surface area contributed by atoms with E-state index in [1.54, 1.807) is 0 Å². The Balaban J connectivity index is 1.47. The monoisotopic (exact) mass is 314 g/mol. The zero-order chi connectivity index (χ0) is 16.0. The summed E-state index contributed by atoms with van der Waals surface area (Å²) in [6.45, 7) is 6.35. The molecule has 2 aromatic rings. The zero-order valence-electron chi connectivity index (χ0n) is 13.7. The number of hydrogen-bond donors (Lipinski definition) is 0. The minimum atomic E-state index is -0.611. The van der Waals surface area contributed by atoms with Crippen molar-refractivity contribution in [1.82, 2.24) is 0 Å². The van der Waals surface area contributed by atoms with E-state index < -0.39 is 5.79 Å². The summed E-state index contributed by atoms with van der Waals surface area (Å²) in [6, 6.07) is 14.7. The van der Waals surface area contributed by atoms with E-state index in [1.807, 2.05) is 20.8 Å². The van der Waals surface area contributed by atoms with Crippen LogP contribution in [0.4, 0.5) is 0 Å². The highest BCUT2D eigenvalue weighted by molar-refractivity contribution is 5.82. The molecule has 4 rings (SSSR count). The number of rotatable bonds is 3. The number of hydrogen-bond acceptors (Lipinski definition) is 4. The maximum absolute atomic E-state index is 6.13. The Morgan fingerprint density at radius 3 is 2.65 bits per heavy atom. The summed E-state index contributed by atoms with van der Waals surface area (Å²) in [7, 11) is 0. The van der Waals surface area contributed by atoms with Gasteiger partial charge in [0, 0.05) is 0 Å². The third-order valence-electron chi connectivity index (χ3n) is 4.48. The van der Waals surface area contributed by atoms with Gasteiger partial charge in [-0.2, -0.15) is 0 Å². The van der Waals surface area contributed by atoms with Gasteiger partial charge < -0.3 is 18.9 Å². The van der Waals surface area contributed by atoms with E-state index in [9.17, 15) is 0 Å². The first-order chi connectivity index (χ1) is 11.0. The maximum Gasteiger partial charge on any atom is 0.190 e. The van der Waals surface area contributed by atoms with Gasteiger partial charge in [-0.1, -0.05) is 36.4 Å². The SMILES string of the molecule is CC1O[C@@H]2OC(C)(C)O[C@@H]2[C@@H]1OCc1ccc2ccccc2c1. The van der Waals surface area contributed by atoms with E-state index in [0.717, 1.165) is 5.56 Å². The molecule has 0 bridgehead atoms. The van der Waals surface area contributed by atoms with E-state index in [0.29, 0.717) is 6.61 Å². The number of ether oxygens (including phenoxy) is 4. The summed E-state index contributed by atoms with van der Waals surface area (Å²) in [5.41, 5.74) is 1.15. The predicted molar refractivity (Wildman–Crippen MR) is 86.9 cm³/mol. The average molecular weight is 314 g/mol. The summed E-state index contributed by atoms with van der Waals surface area (Å²) in [5.74, 6) is -0.611.